The number of benzene rings is 2. The van der Waals surface area contributed by atoms with Gasteiger partial charge in [-0.15, -0.1) is 0 Å². The van der Waals surface area contributed by atoms with E-state index in [4.69, 9.17) is 0 Å². The molecule has 0 bridgehead atoms. The molecule has 1 fully saturated rings. The number of nitrogens with zero attached hydrogens (tertiary/aromatic N) is 1. The minimum Gasteiger partial charge on any atom is -0.345 e. The van der Waals surface area contributed by atoms with E-state index in [9.17, 15) is 9.59 Å². The molecule has 4 nitrogen and oxygen atoms in total. The molecular formula is C22H26N2O2. The summed E-state index contributed by atoms with van der Waals surface area (Å²) in [7, 11) is 0. The van der Waals surface area contributed by atoms with E-state index in [1.54, 1.807) is 4.90 Å². The second-order valence-corrected chi connectivity index (χ2v) is 7.05. The van der Waals surface area contributed by atoms with Crippen LogP contribution >= 0.6 is 0 Å². The Hall–Kier alpha value is -2.62. The molecule has 2 aromatic carbocycles. The highest BCUT2D eigenvalue weighted by Gasteiger charge is 2.28. The van der Waals surface area contributed by atoms with Crippen LogP contribution in [0.1, 0.15) is 38.2 Å². The highest BCUT2D eigenvalue weighted by atomic mass is 16.2. The summed E-state index contributed by atoms with van der Waals surface area (Å²) < 4.78 is 0. The van der Waals surface area contributed by atoms with Crippen molar-refractivity contribution in [2.45, 2.75) is 45.2 Å². The van der Waals surface area contributed by atoms with Crippen LogP contribution in [0.25, 0.3) is 0 Å². The van der Waals surface area contributed by atoms with Crippen LogP contribution in [0.2, 0.25) is 0 Å². The average molecular weight is 350 g/mol. The molecular weight excluding hydrogens is 324 g/mol. The van der Waals surface area contributed by atoms with Crippen LogP contribution in [0.5, 0.6) is 0 Å². The van der Waals surface area contributed by atoms with E-state index in [2.05, 4.69) is 12.2 Å². The lowest BCUT2D eigenvalue weighted by Crippen LogP contribution is -2.49. The maximum Gasteiger partial charge on any atom is 0.316 e. The molecule has 0 heterocycles. The number of anilines is 1. The van der Waals surface area contributed by atoms with Gasteiger partial charge in [0.25, 0.3) is 0 Å². The smallest absolute Gasteiger partial charge is 0.316 e. The molecule has 4 heteroatoms. The van der Waals surface area contributed by atoms with Crippen LogP contribution in [-0.2, 0) is 16.1 Å². The molecule has 2 amide bonds. The minimum absolute atomic E-state index is 0.0922. The third kappa shape index (κ3) is 4.51. The van der Waals surface area contributed by atoms with Crippen LogP contribution in [0.15, 0.2) is 60.7 Å². The molecule has 1 N–H and O–H groups in total. The standard InChI is InChI=1S/C22H26N2O2/c1-17-10-8-9-15-20(17)23-21(25)22(26)24(19-13-6-3-7-14-19)16-18-11-4-2-5-12-18/h2-7,11-14,17,20H,8-10,15-16H2,1H3,(H,23,25). The predicted molar refractivity (Wildman–Crippen MR) is 104 cm³/mol. The molecule has 0 aromatic heterocycles. The zero-order valence-electron chi connectivity index (χ0n) is 15.2. The normalized spacial score (nSPS) is 19.6. The van der Waals surface area contributed by atoms with Crippen molar-refractivity contribution < 1.29 is 9.59 Å². The lowest BCUT2D eigenvalue weighted by molar-refractivity contribution is -0.138. The van der Waals surface area contributed by atoms with Crippen molar-refractivity contribution in [1.29, 1.82) is 0 Å². The van der Waals surface area contributed by atoms with Gasteiger partial charge in [-0.3, -0.25) is 14.5 Å². The summed E-state index contributed by atoms with van der Waals surface area (Å²) in [6.45, 7) is 2.52. The van der Waals surface area contributed by atoms with Gasteiger partial charge in [-0.05, 0) is 36.5 Å². The van der Waals surface area contributed by atoms with Gasteiger partial charge in [0.2, 0.25) is 0 Å². The Labute approximate surface area is 155 Å². The van der Waals surface area contributed by atoms with Gasteiger partial charge >= 0.3 is 11.8 Å². The Kier molecular flexibility index (Phi) is 6.05. The molecule has 136 valence electrons. The minimum atomic E-state index is -0.511. The maximum atomic E-state index is 12.9. The van der Waals surface area contributed by atoms with Gasteiger partial charge in [-0.1, -0.05) is 68.3 Å². The van der Waals surface area contributed by atoms with E-state index in [1.165, 1.54) is 6.42 Å². The molecule has 0 radical (unpaired) electrons. The first-order chi connectivity index (χ1) is 12.6. The Bertz CT molecular complexity index is 730. The first kappa shape index (κ1) is 18.2. The highest BCUT2D eigenvalue weighted by molar-refractivity contribution is 6.40. The van der Waals surface area contributed by atoms with Crippen molar-refractivity contribution in [1.82, 2.24) is 5.32 Å². The molecule has 1 aliphatic rings. The van der Waals surface area contributed by atoms with Gasteiger partial charge in [0.1, 0.15) is 0 Å². The quantitative estimate of drug-likeness (QED) is 0.850. The monoisotopic (exact) mass is 350 g/mol. The first-order valence-corrected chi connectivity index (χ1v) is 9.36. The molecule has 26 heavy (non-hydrogen) atoms. The van der Waals surface area contributed by atoms with Crippen molar-refractivity contribution in [3.05, 3.63) is 66.2 Å². The van der Waals surface area contributed by atoms with Crippen molar-refractivity contribution in [2.75, 3.05) is 4.90 Å². The van der Waals surface area contributed by atoms with Gasteiger partial charge in [0.15, 0.2) is 0 Å². The summed E-state index contributed by atoms with van der Waals surface area (Å²) in [5.74, 6) is -0.596. The predicted octanol–water partition coefficient (Wildman–Crippen LogP) is 3.91. The number of carbonyl (C=O) groups excluding carboxylic acids is 2. The summed E-state index contributed by atoms with van der Waals surface area (Å²) in [5, 5.41) is 2.97. The van der Waals surface area contributed by atoms with E-state index < -0.39 is 11.8 Å². The molecule has 3 rings (SSSR count). The first-order valence-electron chi connectivity index (χ1n) is 9.36. The lowest BCUT2D eigenvalue weighted by atomic mass is 9.86. The SMILES string of the molecule is CC1CCCCC1NC(=O)C(=O)N(Cc1ccccc1)c1ccccc1. The van der Waals surface area contributed by atoms with Gasteiger partial charge in [-0.2, -0.15) is 0 Å². The van der Waals surface area contributed by atoms with Gasteiger partial charge in [0, 0.05) is 11.7 Å². The topological polar surface area (TPSA) is 49.4 Å². The Morgan fingerprint density at radius 2 is 1.58 bits per heavy atom. The van der Waals surface area contributed by atoms with Gasteiger partial charge in [-0.25, -0.2) is 0 Å². The van der Waals surface area contributed by atoms with Crippen LogP contribution in [-0.4, -0.2) is 17.9 Å². The third-order valence-corrected chi connectivity index (χ3v) is 5.12. The van der Waals surface area contributed by atoms with Crippen molar-refractivity contribution in [3.63, 3.8) is 0 Å². The number of nitrogens with one attached hydrogen (secondary N) is 1. The number of hydrogen-bond donors (Lipinski definition) is 1. The number of amides is 2. The van der Waals surface area contributed by atoms with Crippen LogP contribution in [0.3, 0.4) is 0 Å². The van der Waals surface area contributed by atoms with E-state index >= 15 is 0 Å². The van der Waals surface area contributed by atoms with E-state index in [-0.39, 0.29) is 6.04 Å². The van der Waals surface area contributed by atoms with E-state index in [0.717, 1.165) is 30.5 Å². The fraction of sp³-hybridized carbons (Fsp3) is 0.364. The zero-order chi connectivity index (χ0) is 18.4. The Morgan fingerprint density at radius 1 is 0.962 bits per heavy atom. The van der Waals surface area contributed by atoms with E-state index in [0.29, 0.717) is 12.5 Å². The fourth-order valence-electron chi connectivity index (χ4n) is 3.54. The molecule has 0 spiro atoms. The van der Waals surface area contributed by atoms with Crippen LogP contribution < -0.4 is 10.2 Å². The summed E-state index contributed by atoms with van der Waals surface area (Å²) in [6.07, 6.45) is 4.36. The average Bonchev–Trinajstić information content (AvgIpc) is 2.69. The van der Waals surface area contributed by atoms with Crippen molar-refractivity contribution in [2.24, 2.45) is 5.92 Å². The van der Waals surface area contributed by atoms with Crippen LogP contribution in [0.4, 0.5) is 5.69 Å². The van der Waals surface area contributed by atoms with Gasteiger partial charge < -0.3 is 5.32 Å². The highest BCUT2D eigenvalue weighted by Crippen LogP contribution is 2.24. The zero-order valence-corrected chi connectivity index (χ0v) is 15.2. The second kappa shape index (κ2) is 8.65. The largest absolute Gasteiger partial charge is 0.345 e. The van der Waals surface area contributed by atoms with E-state index in [1.807, 2.05) is 60.7 Å². The number of para-hydroxylation sites is 1. The Balaban J connectivity index is 1.77. The van der Waals surface area contributed by atoms with Crippen molar-refractivity contribution in [3.8, 4) is 0 Å². The van der Waals surface area contributed by atoms with Gasteiger partial charge in [0.05, 0.1) is 6.54 Å². The molecule has 2 atom stereocenters. The molecule has 1 saturated carbocycles. The number of carbonyl (C=O) groups is 2. The molecule has 0 saturated heterocycles. The summed E-state index contributed by atoms with van der Waals surface area (Å²) in [5.41, 5.74) is 1.72. The molecule has 2 unspecified atom stereocenters. The summed E-state index contributed by atoms with van der Waals surface area (Å²) >= 11 is 0. The molecule has 0 aliphatic heterocycles. The third-order valence-electron chi connectivity index (χ3n) is 5.12. The summed E-state index contributed by atoms with van der Waals surface area (Å²) in [6, 6.07) is 19.2. The van der Waals surface area contributed by atoms with Crippen LogP contribution in [0, 0.1) is 5.92 Å². The number of hydrogen-bond acceptors (Lipinski definition) is 2. The second-order valence-electron chi connectivity index (χ2n) is 7.05. The van der Waals surface area contributed by atoms with Crippen molar-refractivity contribution >= 4 is 17.5 Å². The fourth-order valence-corrected chi connectivity index (χ4v) is 3.54. The molecule has 2 aromatic rings. The summed E-state index contributed by atoms with van der Waals surface area (Å²) in [4.78, 5) is 27.2. The lowest BCUT2D eigenvalue weighted by Gasteiger charge is -2.30. The number of rotatable bonds is 4. The molecule has 1 aliphatic carbocycles. The Morgan fingerprint density at radius 3 is 2.23 bits per heavy atom. The maximum absolute atomic E-state index is 12.9.